The van der Waals surface area contributed by atoms with Crippen LogP contribution in [-0.2, 0) is 80.5 Å². The first-order valence-electron chi connectivity index (χ1n) is 17.8. The monoisotopic (exact) mass is 1110 g/mol. The molecular weight excluding hydrogens is 1090 g/mol. The van der Waals surface area contributed by atoms with Gasteiger partial charge >= 0.3 is 16.3 Å². The Bertz CT molecular complexity index is 3890. The Balaban J connectivity index is 1.74. The van der Waals surface area contributed by atoms with E-state index in [0.717, 1.165) is 30.3 Å². The number of carbonyl (C=O) groups is 3. The van der Waals surface area contributed by atoms with Crippen LogP contribution in [0.5, 0.6) is 0 Å². The van der Waals surface area contributed by atoms with Gasteiger partial charge in [0.25, 0.3) is 60.7 Å². The van der Waals surface area contributed by atoms with E-state index in [2.05, 4.69) is 10.6 Å². The average Bonchev–Trinajstić information content (AvgIpc) is 3.20. The fraction of sp³-hybridized carbons (Fsp3) is 0. The number of amides is 4. The average molecular weight is 1110 g/mol. The summed E-state index contributed by atoms with van der Waals surface area (Å²) in [5.74, 6) is 0. The van der Waals surface area contributed by atoms with Crippen molar-refractivity contribution in [3.8, 4) is 0 Å². The number of hydrogen-bond acceptors (Lipinski definition) is 17. The van der Waals surface area contributed by atoms with E-state index in [-0.39, 0.29) is 34.8 Å². The maximum absolute atomic E-state index is 13.8. The third-order valence-electron chi connectivity index (χ3n) is 9.45. The molecule has 0 heterocycles. The second-order valence-electron chi connectivity index (χ2n) is 14.0. The number of nitrogens with zero attached hydrogens (tertiary/aromatic N) is 2. The summed E-state index contributed by atoms with van der Waals surface area (Å²) < 4.78 is 247. The maximum atomic E-state index is 13.8. The lowest BCUT2D eigenvalue weighted by atomic mass is 10.1. The largest absolute Gasteiger partial charge is 0.332 e. The zero-order valence-corrected chi connectivity index (χ0v) is 39.3. The van der Waals surface area contributed by atoms with Crippen LogP contribution >= 0.6 is 0 Å². The Morgan fingerprint density at radius 1 is 0.443 bits per heavy atom. The molecule has 0 fully saturated rings. The van der Waals surface area contributed by atoms with Crippen molar-refractivity contribution in [3.63, 3.8) is 0 Å². The van der Waals surface area contributed by atoms with Crippen molar-refractivity contribution in [3.05, 3.63) is 91.0 Å². The molecule has 372 valence electrons. The predicted molar refractivity (Wildman–Crippen MR) is 237 cm³/mol. The highest BCUT2D eigenvalue weighted by atomic mass is 32.3. The van der Waals surface area contributed by atoms with Crippen LogP contribution in [0.2, 0.25) is 0 Å². The Kier molecular flexibility index (Phi) is 13.5. The summed E-state index contributed by atoms with van der Waals surface area (Å²) in [4.78, 5) is 31.5. The zero-order valence-electron chi connectivity index (χ0n) is 33.6. The number of carbonyl (C=O) groups excluding carboxylic acids is 3. The van der Waals surface area contributed by atoms with Crippen molar-refractivity contribution in [1.29, 1.82) is 0 Å². The van der Waals surface area contributed by atoms with Gasteiger partial charge in [0, 0.05) is 22.1 Å². The normalized spacial score (nSPS) is 12.9. The van der Waals surface area contributed by atoms with E-state index in [9.17, 15) is 105 Å². The van der Waals surface area contributed by atoms with Gasteiger partial charge < -0.3 is 10.6 Å². The van der Waals surface area contributed by atoms with Crippen molar-refractivity contribution in [2.75, 3.05) is 20.4 Å². The van der Waals surface area contributed by atoms with Crippen molar-refractivity contribution in [2.45, 2.75) is 34.3 Å². The third kappa shape index (κ3) is 11.2. The van der Waals surface area contributed by atoms with Crippen LogP contribution in [0.25, 0.3) is 21.5 Å². The van der Waals surface area contributed by atoms with Gasteiger partial charge in [-0.05, 0) is 95.7 Å². The van der Waals surface area contributed by atoms with Crippen LogP contribution in [0, 0.1) is 0 Å². The molecule has 6 rings (SSSR count). The van der Waals surface area contributed by atoms with Gasteiger partial charge in [-0.1, -0.05) is 6.07 Å². The Morgan fingerprint density at radius 2 is 0.800 bits per heavy atom. The van der Waals surface area contributed by atoms with Gasteiger partial charge in [0.1, 0.15) is 14.7 Å². The maximum Gasteiger partial charge on any atom is 0.332 e. The van der Waals surface area contributed by atoms with Crippen LogP contribution < -0.4 is 20.4 Å². The number of nitrogens with one attached hydrogen (secondary N) is 2. The van der Waals surface area contributed by atoms with E-state index >= 15 is 0 Å². The number of halogens is 1. The minimum Gasteiger partial charge on any atom is -0.308 e. The molecule has 0 aliphatic rings. The number of urea groups is 1. The van der Waals surface area contributed by atoms with Crippen LogP contribution in [0.4, 0.5) is 42.8 Å². The van der Waals surface area contributed by atoms with Gasteiger partial charge in [0.15, 0.2) is 0 Å². The molecule has 6 aromatic rings. The van der Waals surface area contributed by atoms with Gasteiger partial charge in [0.05, 0.1) is 42.3 Å². The van der Waals surface area contributed by atoms with Crippen LogP contribution in [0.3, 0.4) is 0 Å². The predicted octanol–water partition coefficient (Wildman–Crippen LogP) is 3.36. The summed E-state index contributed by atoms with van der Waals surface area (Å²) in [7, 11) is -38.5. The number of fused-ring (bicyclic) bond motifs is 2. The molecule has 0 unspecified atom stereocenters. The molecule has 35 heteroatoms. The lowest BCUT2D eigenvalue weighted by molar-refractivity contribution is -0.107. The first-order valence-corrected chi connectivity index (χ1v) is 27.8. The highest BCUT2D eigenvalue weighted by Crippen LogP contribution is 2.44. The molecule has 27 nitrogen and oxygen atoms in total. The van der Waals surface area contributed by atoms with Gasteiger partial charge in [-0.15, -0.1) is 3.89 Å². The van der Waals surface area contributed by atoms with E-state index in [1.54, 1.807) is 0 Å². The minimum absolute atomic E-state index is 0.158. The molecular formula is C35H25FN4O23S7. The van der Waals surface area contributed by atoms with E-state index in [4.69, 9.17) is 0 Å². The quantitative estimate of drug-likeness (QED) is 0.0415. The molecule has 0 spiro atoms. The first kappa shape index (κ1) is 52.8. The van der Waals surface area contributed by atoms with Crippen molar-refractivity contribution >= 4 is 145 Å². The molecule has 0 aliphatic carbocycles. The van der Waals surface area contributed by atoms with E-state index < -0.39 is 167 Å². The van der Waals surface area contributed by atoms with E-state index in [1.807, 2.05) is 0 Å². The highest BCUT2D eigenvalue weighted by Gasteiger charge is 2.31. The van der Waals surface area contributed by atoms with Crippen LogP contribution in [0.1, 0.15) is 0 Å². The summed E-state index contributed by atoms with van der Waals surface area (Å²) in [6, 6.07) is 7.02. The summed E-state index contributed by atoms with van der Waals surface area (Å²) in [6.07, 6.45) is -0.516. The van der Waals surface area contributed by atoms with Crippen molar-refractivity contribution in [1.82, 2.24) is 0 Å². The molecule has 0 saturated heterocycles. The van der Waals surface area contributed by atoms with Crippen molar-refractivity contribution < 1.29 is 105 Å². The first-order chi connectivity index (χ1) is 31.9. The Labute approximate surface area is 393 Å². The SMILES string of the molecule is O=CN(c1cc(NC(=O)Nc2cccc(S(=O)(=O)F)c2)cc(N(C=O)c2cc(S(=O)(=O)O)cc3cc(S(=O)(=O)O)cc(S(=O)(=O)O)c23)c1)c1cc(S(=O)(=O)O)cc2cc(S(=O)(=O)O)cc(S(=O)(=O)O)c12. The van der Waals surface area contributed by atoms with Crippen LogP contribution in [-0.4, -0.2) is 105 Å². The Hall–Kier alpha value is -6.61. The second kappa shape index (κ2) is 18.0. The topological polar surface area (TPSA) is 442 Å². The van der Waals surface area contributed by atoms with Crippen molar-refractivity contribution in [2.24, 2.45) is 0 Å². The van der Waals surface area contributed by atoms with E-state index in [1.165, 1.54) is 0 Å². The third-order valence-corrected chi connectivity index (χ3v) is 15.3. The smallest absolute Gasteiger partial charge is 0.308 e. The summed E-state index contributed by atoms with van der Waals surface area (Å²) in [5.41, 5.74) is -4.79. The Morgan fingerprint density at radius 3 is 1.13 bits per heavy atom. The second-order valence-corrected chi connectivity index (χ2v) is 23.8. The lowest BCUT2D eigenvalue weighted by Gasteiger charge is -2.26. The minimum atomic E-state index is -5.70. The molecule has 0 saturated carbocycles. The standard InChI is InChI=1S/C35H25FN4O23S7/c36-64(44,45)24-3-1-2-20(10-24)37-35(43)38-21-8-22(39(16-41)29-12-25(65(46,47)48)4-18-6-27(67(52,53)54)14-31(33(18)29)69(58,59)60)11-23(9-21)40(17-42)30-13-26(66(49,50)51)5-19-7-28(68(55,56)57)15-32(34(19)30)70(61,62)63/h1-17H,(H2,37,38,43)(H,46,47,48)(H,49,50,51)(H,52,53,54)(H,55,56,57)(H,58,59,60)(H,61,62,63). The van der Waals surface area contributed by atoms with Crippen LogP contribution in [0.15, 0.2) is 125 Å². The molecule has 0 aliphatic heterocycles. The highest BCUT2D eigenvalue weighted by molar-refractivity contribution is 7.88. The zero-order chi connectivity index (χ0) is 52.5. The molecule has 8 N–H and O–H groups in total. The fourth-order valence-corrected chi connectivity index (χ4v) is 11.0. The fourth-order valence-electron chi connectivity index (χ4n) is 6.66. The molecule has 0 aromatic heterocycles. The number of rotatable bonds is 15. The molecule has 0 radical (unpaired) electrons. The molecule has 4 amide bonds. The number of benzene rings is 6. The lowest BCUT2D eigenvalue weighted by Crippen LogP contribution is -2.22. The molecule has 70 heavy (non-hydrogen) atoms. The summed E-state index contributed by atoms with van der Waals surface area (Å²) >= 11 is 0. The van der Waals surface area contributed by atoms with Gasteiger partial charge in [-0.25, -0.2) is 4.79 Å². The summed E-state index contributed by atoms with van der Waals surface area (Å²) in [5, 5.41) is 0.608. The van der Waals surface area contributed by atoms with E-state index in [0.29, 0.717) is 48.5 Å². The molecule has 0 bridgehead atoms. The summed E-state index contributed by atoms with van der Waals surface area (Å²) in [6.45, 7) is 0. The van der Waals surface area contributed by atoms with Gasteiger partial charge in [-0.2, -0.15) is 58.9 Å². The number of anilines is 6. The molecule has 0 atom stereocenters. The van der Waals surface area contributed by atoms with Gasteiger partial charge in [0.2, 0.25) is 12.8 Å². The molecule has 6 aromatic carbocycles. The number of hydrogen-bond donors (Lipinski definition) is 8. The van der Waals surface area contributed by atoms with Gasteiger partial charge in [-0.3, -0.25) is 46.7 Å².